The van der Waals surface area contributed by atoms with Crippen LogP contribution in [0.1, 0.15) is 34.1 Å². The van der Waals surface area contributed by atoms with Gasteiger partial charge in [0.25, 0.3) is 5.92 Å². The fourth-order valence-corrected chi connectivity index (χ4v) is 2.28. The number of rotatable bonds is 1. The van der Waals surface area contributed by atoms with Crippen LogP contribution in [0.5, 0.6) is 0 Å². The summed E-state index contributed by atoms with van der Waals surface area (Å²) in [4.78, 5) is 24.6. The number of amides is 1. The van der Waals surface area contributed by atoms with E-state index in [-0.39, 0.29) is 0 Å². The van der Waals surface area contributed by atoms with Gasteiger partial charge in [-0.15, -0.1) is 0 Å². The third-order valence-corrected chi connectivity index (χ3v) is 2.97. The predicted molar refractivity (Wildman–Crippen MR) is 67.5 cm³/mol. The van der Waals surface area contributed by atoms with Crippen molar-refractivity contribution >= 4 is 12.1 Å². The molecule has 1 fully saturated rings. The van der Waals surface area contributed by atoms with Crippen LogP contribution in [0, 0.1) is 5.92 Å². The van der Waals surface area contributed by atoms with E-state index in [9.17, 15) is 18.4 Å². The largest absolute Gasteiger partial charge is 0.467 e. The Kier molecular flexibility index (Phi) is 4.61. The maximum Gasteiger partial charge on any atom is 0.411 e. The lowest BCUT2D eigenvalue weighted by Crippen LogP contribution is -2.59. The van der Waals surface area contributed by atoms with Crippen LogP contribution in [0.15, 0.2) is 0 Å². The van der Waals surface area contributed by atoms with Gasteiger partial charge in [-0.25, -0.2) is 18.4 Å². The number of carbonyl (C=O) groups excluding carboxylic acids is 2. The van der Waals surface area contributed by atoms with Crippen molar-refractivity contribution in [1.29, 1.82) is 0 Å². The molecule has 1 saturated heterocycles. The first-order valence-corrected chi connectivity index (χ1v) is 6.42. The second-order valence-corrected chi connectivity index (χ2v) is 6.11. The summed E-state index contributed by atoms with van der Waals surface area (Å²) in [7, 11) is 1.16. The molecule has 0 radical (unpaired) electrons. The summed E-state index contributed by atoms with van der Waals surface area (Å²) in [6.07, 6.45) is -1.40. The van der Waals surface area contributed by atoms with Crippen LogP contribution in [-0.4, -0.2) is 48.2 Å². The molecule has 1 rings (SSSR count). The Labute approximate surface area is 117 Å². The van der Waals surface area contributed by atoms with Crippen LogP contribution in [0.25, 0.3) is 0 Å². The van der Waals surface area contributed by atoms with Crippen LogP contribution in [0.4, 0.5) is 13.6 Å². The zero-order valence-corrected chi connectivity index (χ0v) is 12.4. The zero-order chi connectivity index (χ0) is 15.7. The minimum Gasteiger partial charge on any atom is -0.467 e. The van der Waals surface area contributed by atoms with Crippen molar-refractivity contribution < 1.29 is 27.8 Å². The van der Waals surface area contributed by atoms with E-state index in [4.69, 9.17) is 4.74 Å². The van der Waals surface area contributed by atoms with Crippen molar-refractivity contribution in [3.63, 3.8) is 0 Å². The van der Waals surface area contributed by atoms with E-state index < -0.39 is 48.5 Å². The Morgan fingerprint density at radius 3 is 2.30 bits per heavy atom. The van der Waals surface area contributed by atoms with Gasteiger partial charge in [-0.05, 0) is 26.7 Å². The summed E-state index contributed by atoms with van der Waals surface area (Å²) in [5.41, 5.74) is -0.826. The van der Waals surface area contributed by atoms with Crippen LogP contribution in [0.2, 0.25) is 0 Å². The van der Waals surface area contributed by atoms with E-state index >= 15 is 0 Å². The van der Waals surface area contributed by atoms with Gasteiger partial charge in [0.05, 0.1) is 13.7 Å². The molecule has 1 aliphatic rings. The number of nitrogens with zero attached hydrogens (tertiary/aromatic N) is 1. The maximum atomic E-state index is 13.6. The van der Waals surface area contributed by atoms with E-state index in [2.05, 4.69) is 4.74 Å². The predicted octanol–water partition coefficient (Wildman–Crippen LogP) is 2.44. The van der Waals surface area contributed by atoms with Crippen LogP contribution >= 0.6 is 0 Å². The molecule has 1 heterocycles. The Balaban J connectivity index is 3.01. The van der Waals surface area contributed by atoms with Crippen LogP contribution < -0.4 is 0 Å². The van der Waals surface area contributed by atoms with Crippen LogP contribution in [-0.2, 0) is 14.3 Å². The van der Waals surface area contributed by atoms with E-state index in [1.807, 2.05) is 0 Å². The molecule has 2 atom stereocenters. The molecule has 0 aromatic heterocycles. The number of halogens is 2. The number of methoxy groups -OCH3 is 1. The average Bonchev–Trinajstić information content (AvgIpc) is 2.23. The third kappa shape index (κ3) is 4.05. The molecule has 0 N–H and O–H groups in total. The van der Waals surface area contributed by atoms with Gasteiger partial charge in [0, 0.05) is 6.42 Å². The van der Waals surface area contributed by atoms with Gasteiger partial charge in [-0.3, -0.25) is 4.90 Å². The zero-order valence-electron chi connectivity index (χ0n) is 12.4. The highest BCUT2D eigenvalue weighted by molar-refractivity contribution is 5.82. The monoisotopic (exact) mass is 293 g/mol. The number of hydrogen-bond acceptors (Lipinski definition) is 4. The van der Waals surface area contributed by atoms with Crippen molar-refractivity contribution in [3.05, 3.63) is 0 Å². The van der Waals surface area contributed by atoms with Gasteiger partial charge >= 0.3 is 12.1 Å². The molecular formula is C13H21F2NO4. The highest BCUT2D eigenvalue weighted by Crippen LogP contribution is 2.35. The molecule has 1 amide bonds. The molecule has 116 valence electrons. The van der Waals surface area contributed by atoms with Crippen molar-refractivity contribution in [2.45, 2.75) is 51.7 Å². The summed E-state index contributed by atoms with van der Waals surface area (Å²) >= 11 is 0. The highest BCUT2D eigenvalue weighted by Gasteiger charge is 2.50. The van der Waals surface area contributed by atoms with E-state index in [0.29, 0.717) is 0 Å². The quantitative estimate of drug-likeness (QED) is 0.697. The molecule has 7 heteroatoms. The fraction of sp³-hybridized carbons (Fsp3) is 0.846. The molecule has 0 saturated carbocycles. The first-order valence-electron chi connectivity index (χ1n) is 6.42. The summed E-state index contributed by atoms with van der Waals surface area (Å²) in [6, 6.07) is -1.05. The van der Waals surface area contributed by atoms with Crippen molar-refractivity contribution in [3.8, 4) is 0 Å². The van der Waals surface area contributed by atoms with Gasteiger partial charge in [0.2, 0.25) is 0 Å². The number of piperidine rings is 1. The average molecular weight is 293 g/mol. The number of likely N-dealkylation sites (tertiary alicyclic amines) is 1. The summed E-state index contributed by atoms with van der Waals surface area (Å²) in [6.45, 7) is 5.54. The lowest BCUT2D eigenvalue weighted by molar-refractivity contribution is -0.159. The van der Waals surface area contributed by atoms with E-state index in [1.165, 1.54) is 6.92 Å². The lowest BCUT2D eigenvalue weighted by atomic mass is 9.89. The molecule has 0 aliphatic carbocycles. The summed E-state index contributed by atoms with van der Waals surface area (Å²) in [5, 5.41) is 0. The van der Waals surface area contributed by atoms with Gasteiger partial charge in [0.15, 0.2) is 0 Å². The SMILES string of the molecule is COC(=O)[C@@H]1[C@H](C)CC(F)(F)CN1C(=O)OC(C)(C)C. The summed E-state index contributed by atoms with van der Waals surface area (Å²) < 4.78 is 37.0. The molecule has 1 aliphatic heterocycles. The molecule has 0 unspecified atom stereocenters. The second-order valence-electron chi connectivity index (χ2n) is 6.11. The molecule has 20 heavy (non-hydrogen) atoms. The second kappa shape index (κ2) is 5.54. The van der Waals surface area contributed by atoms with E-state index in [1.54, 1.807) is 20.8 Å². The number of alkyl halides is 2. The van der Waals surface area contributed by atoms with Gasteiger partial charge < -0.3 is 9.47 Å². The smallest absolute Gasteiger partial charge is 0.411 e. The fourth-order valence-electron chi connectivity index (χ4n) is 2.28. The Bertz CT molecular complexity index is 392. The number of esters is 1. The molecule has 0 spiro atoms. The molecular weight excluding hydrogens is 272 g/mol. The Hall–Kier alpha value is -1.40. The summed E-state index contributed by atoms with van der Waals surface area (Å²) in [5.74, 6) is -4.46. The highest BCUT2D eigenvalue weighted by atomic mass is 19.3. The first kappa shape index (κ1) is 16.7. The minimum atomic E-state index is -3.04. The Morgan fingerprint density at radius 2 is 1.85 bits per heavy atom. The van der Waals surface area contributed by atoms with Crippen molar-refractivity contribution in [2.24, 2.45) is 5.92 Å². The van der Waals surface area contributed by atoms with E-state index in [0.717, 1.165) is 12.0 Å². The van der Waals surface area contributed by atoms with Crippen molar-refractivity contribution in [1.82, 2.24) is 4.90 Å². The number of ether oxygens (including phenoxy) is 2. The Morgan fingerprint density at radius 1 is 1.30 bits per heavy atom. The molecule has 0 aromatic carbocycles. The van der Waals surface area contributed by atoms with Crippen LogP contribution in [0.3, 0.4) is 0 Å². The minimum absolute atomic E-state index is 0.466. The first-order chi connectivity index (χ1) is 8.97. The normalized spacial score (nSPS) is 26.1. The lowest BCUT2D eigenvalue weighted by Gasteiger charge is -2.41. The molecule has 5 nitrogen and oxygen atoms in total. The maximum absolute atomic E-state index is 13.6. The molecule has 0 bridgehead atoms. The van der Waals surface area contributed by atoms with Gasteiger partial charge in [-0.1, -0.05) is 6.92 Å². The third-order valence-electron chi connectivity index (χ3n) is 2.97. The standard InChI is InChI=1S/C13H21F2NO4/c1-8-6-13(14,15)7-16(9(8)10(17)19-5)11(18)20-12(2,3)4/h8-9H,6-7H2,1-5H3/t8-,9+/m1/s1. The number of hydrogen-bond donors (Lipinski definition) is 0. The number of carbonyl (C=O) groups is 2. The molecule has 0 aromatic rings. The van der Waals surface area contributed by atoms with Gasteiger partial charge in [-0.2, -0.15) is 0 Å². The van der Waals surface area contributed by atoms with Gasteiger partial charge in [0.1, 0.15) is 11.6 Å². The topological polar surface area (TPSA) is 55.8 Å². The van der Waals surface area contributed by atoms with Crippen molar-refractivity contribution in [2.75, 3.05) is 13.7 Å².